The number of likely N-dealkylation sites (N-methyl/N-ethyl adjacent to an activating group) is 1. The number of hydrogen-bond donors (Lipinski definition) is 1. The molecule has 96 valence electrons. The minimum absolute atomic E-state index is 0.159. The molecule has 0 spiro atoms. The molecule has 2 nitrogen and oxygen atoms in total. The highest BCUT2D eigenvalue weighted by Gasteiger charge is 2.19. The predicted octanol–water partition coefficient (Wildman–Crippen LogP) is 3.36. The van der Waals surface area contributed by atoms with Crippen LogP contribution < -0.4 is 10.1 Å². The largest absolute Gasteiger partial charge is 0.491 e. The van der Waals surface area contributed by atoms with E-state index in [1.54, 1.807) is 0 Å². The summed E-state index contributed by atoms with van der Waals surface area (Å²) in [5.41, 5.74) is 1.50. The molecule has 1 N–H and O–H groups in total. The molecule has 0 radical (unpaired) electrons. The molecule has 17 heavy (non-hydrogen) atoms. The highest BCUT2D eigenvalue weighted by molar-refractivity contribution is 5.32. The fourth-order valence-electron chi connectivity index (χ4n) is 1.80. The molecule has 0 aromatic heterocycles. The van der Waals surface area contributed by atoms with E-state index in [0.717, 1.165) is 18.8 Å². The summed E-state index contributed by atoms with van der Waals surface area (Å²) >= 11 is 0. The predicted molar refractivity (Wildman–Crippen MR) is 73.8 cm³/mol. The van der Waals surface area contributed by atoms with E-state index in [2.05, 4.69) is 50.4 Å². The molecule has 0 aliphatic rings. The third-order valence-corrected chi connectivity index (χ3v) is 2.82. The summed E-state index contributed by atoms with van der Waals surface area (Å²) in [6.07, 6.45) is 0.232. The summed E-state index contributed by atoms with van der Waals surface area (Å²) in [5, 5.41) is 3.40. The van der Waals surface area contributed by atoms with Gasteiger partial charge in [0.15, 0.2) is 0 Å². The van der Waals surface area contributed by atoms with E-state index in [1.807, 2.05) is 13.8 Å². The molecule has 1 aromatic rings. The third kappa shape index (κ3) is 4.39. The van der Waals surface area contributed by atoms with Crippen molar-refractivity contribution >= 4 is 0 Å². The molecule has 0 atom stereocenters. The standard InChI is InChI=1S/C15H25NO/c1-6-16-11-15(4,5)13-7-9-14(10-8-13)17-12(2)3/h7-10,12,16H,6,11H2,1-5H3. The zero-order chi connectivity index (χ0) is 12.9. The molecular weight excluding hydrogens is 210 g/mol. The smallest absolute Gasteiger partial charge is 0.119 e. The van der Waals surface area contributed by atoms with Crippen LogP contribution in [0.25, 0.3) is 0 Å². The van der Waals surface area contributed by atoms with Gasteiger partial charge in [0.25, 0.3) is 0 Å². The lowest BCUT2D eigenvalue weighted by Gasteiger charge is -2.25. The molecule has 0 fully saturated rings. The normalized spacial score (nSPS) is 11.9. The maximum absolute atomic E-state index is 5.65. The van der Waals surface area contributed by atoms with Gasteiger partial charge in [-0.25, -0.2) is 0 Å². The molecule has 0 saturated heterocycles. The first-order valence-electron chi connectivity index (χ1n) is 6.43. The van der Waals surface area contributed by atoms with Crippen molar-refractivity contribution in [3.8, 4) is 5.75 Å². The van der Waals surface area contributed by atoms with Crippen LogP contribution >= 0.6 is 0 Å². The monoisotopic (exact) mass is 235 g/mol. The number of rotatable bonds is 6. The molecule has 0 aliphatic heterocycles. The van der Waals surface area contributed by atoms with Crippen LogP contribution in [0.4, 0.5) is 0 Å². The van der Waals surface area contributed by atoms with E-state index in [-0.39, 0.29) is 11.5 Å². The Labute approximate surface area is 105 Å². The van der Waals surface area contributed by atoms with E-state index in [0.29, 0.717) is 0 Å². The van der Waals surface area contributed by atoms with Crippen molar-refractivity contribution in [2.45, 2.75) is 46.1 Å². The van der Waals surface area contributed by atoms with E-state index >= 15 is 0 Å². The zero-order valence-electron chi connectivity index (χ0n) is 11.7. The van der Waals surface area contributed by atoms with Gasteiger partial charge in [0.2, 0.25) is 0 Å². The first kappa shape index (κ1) is 14.0. The molecule has 0 heterocycles. The van der Waals surface area contributed by atoms with Gasteiger partial charge < -0.3 is 10.1 Å². The van der Waals surface area contributed by atoms with Crippen molar-refractivity contribution in [3.05, 3.63) is 29.8 Å². The molecule has 0 saturated carbocycles. The van der Waals surface area contributed by atoms with Crippen LogP contribution in [-0.4, -0.2) is 19.2 Å². The fourth-order valence-corrected chi connectivity index (χ4v) is 1.80. The van der Waals surface area contributed by atoms with Gasteiger partial charge in [-0.3, -0.25) is 0 Å². The minimum Gasteiger partial charge on any atom is -0.491 e. The maximum Gasteiger partial charge on any atom is 0.119 e. The van der Waals surface area contributed by atoms with Crippen molar-refractivity contribution in [2.75, 3.05) is 13.1 Å². The van der Waals surface area contributed by atoms with Crippen LogP contribution in [0.1, 0.15) is 40.2 Å². The Morgan fingerprint density at radius 2 is 1.76 bits per heavy atom. The lowest BCUT2D eigenvalue weighted by atomic mass is 9.84. The maximum atomic E-state index is 5.65. The Morgan fingerprint density at radius 3 is 2.24 bits per heavy atom. The highest BCUT2D eigenvalue weighted by atomic mass is 16.5. The Kier molecular flexibility index (Phi) is 5.01. The quantitative estimate of drug-likeness (QED) is 0.816. The van der Waals surface area contributed by atoms with Crippen molar-refractivity contribution in [3.63, 3.8) is 0 Å². The van der Waals surface area contributed by atoms with Crippen LogP contribution in [0.15, 0.2) is 24.3 Å². The van der Waals surface area contributed by atoms with Gasteiger partial charge in [-0.15, -0.1) is 0 Å². The van der Waals surface area contributed by atoms with Gasteiger partial charge in [0.05, 0.1) is 6.10 Å². The van der Waals surface area contributed by atoms with Gasteiger partial charge >= 0.3 is 0 Å². The number of ether oxygens (including phenoxy) is 1. The minimum atomic E-state index is 0.159. The zero-order valence-corrected chi connectivity index (χ0v) is 11.7. The van der Waals surface area contributed by atoms with E-state index in [9.17, 15) is 0 Å². The van der Waals surface area contributed by atoms with Crippen LogP contribution in [0.5, 0.6) is 5.75 Å². The van der Waals surface area contributed by atoms with Crippen LogP contribution in [0, 0.1) is 0 Å². The van der Waals surface area contributed by atoms with Gasteiger partial charge in [0.1, 0.15) is 5.75 Å². The van der Waals surface area contributed by atoms with E-state index in [4.69, 9.17) is 4.74 Å². The summed E-state index contributed by atoms with van der Waals surface area (Å²) in [4.78, 5) is 0. The highest BCUT2D eigenvalue weighted by Crippen LogP contribution is 2.24. The molecule has 1 rings (SSSR count). The van der Waals surface area contributed by atoms with E-state index in [1.165, 1.54) is 5.56 Å². The van der Waals surface area contributed by atoms with Gasteiger partial charge in [-0.05, 0) is 38.1 Å². The molecule has 1 aromatic carbocycles. The molecule has 0 unspecified atom stereocenters. The van der Waals surface area contributed by atoms with Crippen LogP contribution in [0.2, 0.25) is 0 Å². The van der Waals surface area contributed by atoms with Crippen molar-refractivity contribution in [1.29, 1.82) is 0 Å². The Morgan fingerprint density at radius 1 is 1.18 bits per heavy atom. The summed E-state index contributed by atoms with van der Waals surface area (Å²) in [6.45, 7) is 12.7. The third-order valence-electron chi connectivity index (χ3n) is 2.82. The average Bonchev–Trinajstić information content (AvgIpc) is 2.26. The topological polar surface area (TPSA) is 21.3 Å². The Bertz CT molecular complexity index is 327. The Balaban J connectivity index is 2.72. The summed E-state index contributed by atoms with van der Waals surface area (Å²) < 4.78 is 5.65. The molecular formula is C15H25NO. The van der Waals surface area contributed by atoms with Gasteiger partial charge in [0, 0.05) is 12.0 Å². The number of nitrogens with one attached hydrogen (secondary N) is 1. The van der Waals surface area contributed by atoms with Crippen LogP contribution in [0.3, 0.4) is 0 Å². The summed E-state index contributed by atoms with van der Waals surface area (Å²) in [7, 11) is 0. The SMILES string of the molecule is CCNCC(C)(C)c1ccc(OC(C)C)cc1. The van der Waals surface area contributed by atoms with Crippen molar-refractivity contribution < 1.29 is 4.74 Å². The lowest BCUT2D eigenvalue weighted by molar-refractivity contribution is 0.242. The molecule has 0 bridgehead atoms. The second-order valence-corrected chi connectivity index (χ2v) is 5.36. The summed E-state index contributed by atoms with van der Waals surface area (Å²) in [6, 6.07) is 8.44. The van der Waals surface area contributed by atoms with Gasteiger partial charge in [-0.2, -0.15) is 0 Å². The van der Waals surface area contributed by atoms with Crippen molar-refractivity contribution in [1.82, 2.24) is 5.32 Å². The molecule has 2 heteroatoms. The lowest BCUT2D eigenvalue weighted by Crippen LogP contribution is -2.32. The van der Waals surface area contributed by atoms with Gasteiger partial charge in [-0.1, -0.05) is 32.9 Å². The second-order valence-electron chi connectivity index (χ2n) is 5.36. The number of benzene rings is 1. The fraction of sp³-hybridized carbons (Fsp3) is 0.600. The second kappa shape index (κ2) is 6.06. The first-order valence-corrected chi connectivity index (χ1v) is 6.43. The Hall–Kier alpha value is -1.02. The molecule has 0 aliphatic carbocycles. The van der Waals surface area contributed by atoms with Crippen molar-refractivity contribution in [2.24, 2.45) is 0 Å². The van der Waals surface area contributed by atoms with E-state index < -0.39 is 0 Å². The average molecular weight is 235 g/mol. The first-order chi connectivity index (χ1) is 7.95. The number of hydrogen-bond acceptors (Lipinski definition) is 2. The summed E-state index contributed by atoms with van der Waals surface area (Å²) in [5.74, 6) is 0.947. The molecule has 0 amide bonds. The van der Waals surface area contributed by atoms with Crippen LogP contribution in [-0.2, 0) is 5.41 Å².